The van der Waals surface area contributed by atoms with E-state index in [-0.39, 0.29) is 12.1 Å². The van der Waals surface area contributed by atoms with Crippen LogP contribution in [0, 0.1) is 0 Å². The summed E-state index contributed by atoms with van der Waals surface area (Å²) in [6.07, 6.45) is 4.84. The Morgan fingerprint density at radius 1 is 1.62 bits per heavy atom. The van der Waals surface area contributed by atoms with Crippen molar-refractivity contribution in [2.24, 2.45) is 0 Å². The number of hydrogen-bond donors (Lipinski definition) is 2. The highest BCUT2D eigenvalue weighted by Crippen LogP contribution is 2.23. The molecule has 1 aromatic heterocycles. The molecule has 1 heterocycles. The summed E-state index contributed by atoms with van der Waals surface area (Å²) in [6, 6.07) is 1.58. The van der Waals surface area contributed by atoms with E-state index in [1.54, 1.807) is 12.3 Å². The predicted molar refractivity (Wildman–Crippen MR) is 48.3 cm³/mol. The van der Waals surface area contributed by atoms with E-state index in [0.717, 1.165) is 19.3 Å². The van der Waals surface area contributed by atoms with Crippen molar-refractivity contribution in [1.29, 1.82) is 0 Å². The van der Waals surface area contributed by atoms with Crippen molar-refractivity contribution in [2.45, 2.75) is 25.4 Å². The number of aromatic nitrogens is 1. The lowest BCUT2D eigenvalue weighted by Crippen LogP contribution is -2.25. The number of nitrogen functional groups attached to an aromatic ring is 1. The number of esters is 1. The molecule has 2 rings (SSSR count). The second-order valence-corrected chi connectivity index (χ2v) is 3.30. The number of hydrogen-bond acceptors (Lipinski definition) is 3. The van der Waals surface area contributed by atoms with Gasteiger partial charge < -0.3 is 15.5 Å². The van der Waals surface area contributed by atoms with Crippen molar-refractivity contribution in [3.8, 4) is 0 Å². The molecule has 4 nitrogen and oxygen atoms in total. The average Bonchev–Trinajstić information content (AvgIpc) is 2.44. The van der Waals surface area contributed by atoms with Crippen LogP contribution in [0.1, 0.15) is 29.8 Å². The molecule has 0 unspecified atom stereocenters. The number of aromatic amines is 1. The molecule has 1 aliphatic carbocycles. The van der Waals surface area contributed by atoms with Crippen molar-refractivity contribution in [2.75, 3.05) is 5.73 Å². The highest BCUT2D eigenvalue weighted by Gasteiger charge is 2.22. The number of nitrogens with two attached hydrogens (primary N) is 1. The number of H-pyrrole nitrogens is 1. The first-order valence-corrected chi connectivity index (χ1v) is 4.40. The molecule has 3 N–H and O–H groups in total. The Labute approximate surface area is 76.1 Å². The first kappa shape index (κ1) is 8.16. The van der Waals surface area contributed by atoms with Gasteiger partial charge in [0, 0.05) is 6.20 Å². The van der Waals surface area contributed by atoms with Crippen LogP contribution in [0.2, 0.25) is 0 Å². The summed E-state index contributed by atoms with van der Waals surface area (Å²) < 4.78 is 5.16. The van der Waals surface area contributed by atoms with Crippen LogP contribution >= 0.6 is 0 Å². The van der Waals surface area contributed by atoms with E-state index in [2.05, 4.69) is 4.98 Å². The maximum absolute atomic E-state index is 11.4. The summed E-state index contributed by atoms with van der Waals surface area (Å²) in [5.41, 5.74) is 6.45. The molecule has 0 spiro atoms. The van der Waals surface area contributed by atoms with E-state index in [4.69, 9.17) is 10.5 Å². The Hall–Kier alpha value is -1.45. The topological polar surface area (TPSA) is 68.1 Å². The van der Waals surface area contributed by atoms with E-state index < -0.39 is 0 Å². The van der Waals surface area contributed by atoms with Gasteiger partial charge in [-0.1, -0.05) is 0 Å². The van der Waals surface area contributed by atoms with Gasteiger partial charge in [-0.2, -0.15) is 0 Å². The van der Waals surface area contributed by atoms with Crippen LogP contribution < -0.4 is 5.73 Å². The van der Waals surface area contributed by atoms with E-state index in [1.165, 1.54) is 0 Å². The largest absolute Gasteiger partial charge is 0.458 e. The summed E-state index contributed by atoms with van der Waals surface area (Å²) >= 11 is 0. The van der Waals surface area contributed by atoms with Gasteiger partial charge in [-0.15, -0.1) is 0 Å². The Morgan fingerprint density at radius 2 is 2.38 bits per heavy atom. The fraction of sp³-hybridized carbons (Fsp3) is 0.444. The predicted octanol–water partition coefficient (Wildman–Crippen LogP) is 1.31. The van der Waals surface area contributed by atoms with Crippen molar-refractivity contribution >= 4 is 11.7 Å². The Morgan fingerprint density at radius 3 is 2.85 bits per heavy atom. The molecule has 0 atom stereocenters. The van der Waals surface area contributed by atoms with Gasteiger partial charge in [-0.25, -0.2) is 4.79 Å². The molecule has 13 heavy (non-hydrogen) atoms. The fourth-order valence-corrected chi connectivity index (χ4v) is 1.23. The SMILES string of the molecule is Nc1c[nH]c(C(=O)OC2CCC2)c1. The zero-order valence-corrected chi connectivity index (χ0v) is 7.25. The zero-order valence-electron chi connectivity index (χ0n) is 7.25. The molecule has 4 heteroatoms. The van der Waals surface area contributed by atoms with Crippen molar-refractivity contribution in [3.05, 3.63) is 18.0 Å². The number of nitrogens with one attached hydrogen (secondary N) is 1. The minimum atomic E-state index is -0.304. The summed E-state index contributed by atoms with van der Waals surface area (Å²) in [5.74, 6) is -0.304. The minimum Gasteiger partial charge on any atom is -0.458 e. The van der Waals surface area contributed by atoms with E-state index in [0.29, 0.717) is 11.4 Å². The lowest BCUT2D eigenvalue weighted by Gasteiger charge is -2.24. The number of carbonyl (C=O) groups is 1. The summed E-state index contributed by atoms with van der Waals surface area (Å²) in [6.45, 7) is 0. The molecule has 0 amide bonds. The van der Waals surface area contributed by atoms with Gasteiger partial charge in [0.25, 0.3) is 0 Å². The van der Waals surface area contributed by atoms with Crippen LogP contribution in [-0.2, 0) is 4.74 Å². The molecular formula is C9H12N2O2. The number of carbonyl (C=O) groups excluding carboxylic acids is 1. The normalized spacial score (nSPS) is 16.6. The molecule has 1 aromatic rings. The third-order valence-corrected chi connectivity index (χ3v) is 2.25. The molecule has 1 fully saturated rings. The molecule has 0 aromatic carbocycles. The zero-order chi connectivity index (χ0) is 9.26. The van der Waals surface area contributed by atoms with Crippen molar-refractivity contribution in [3.63, 3.8) is 0 Å². The van der Waals surface area contributed by atoms with Crippen LogP contribution in [0.15, 0.2) is 12.3 Å². The molecule has 0 bridgehead atoms. The quantitative estimate of drug-likeness (QED) is 0.674. The lowest BCUT2D eigenvalue weighted by molar-refractivity contribution is 0.00844. The maximum atomic E-state index is 11.4. The molecule has 0 aliphatic heterocycles. The molecular weight excluding hydrogens is 168 g/mol. The van der Waals surface area contributed by atoms with Crippen LogP contribution in [0.5, 0.6) is 0 Å². The van der Waals surface area contributed by atoms with Gasteiger partial charge in [0.1, 0.15) is 11.8 Å². The van der Waals surface area contributed by atoms with Gasteiger partial charge in [0.05, 0.1) is 5.69 Å². The second kappa shape index (κ2) is 3.12. The van der Waals surface area contributed by atoms with Crippen LogP contribution in [0.3, 0.4) is 0 Å². The van der Waals surface area contributed by atoms with E-state index in [1.807, 2.05) is 0 Å². The molecule has 1 aliphatic rings. The summed E-state index contributed by atoms with van der Waals surface area (Å²) in [7, 11) is 0. The number of rotatable bonds is 2. The van der Waals surface area contributed by atoms with Crippen LogP contribution in [0.4, 0.5) is 5.69 Å². The van der Waals surface area contributed by atoms with Crippen molar-refractivity contribution < 1.29 is 9.53 Å². The second-order valence-electron chi connectivity index (χ2n) is 3.30. The minimum absolute atomic E-state index is 0.122. The van der Waals surface area contributed by atoms with Crippen molar-refractivity contribution in [1.82, 2.24) is 4.98 Å². The first-order chi connectivity index (χ1) is 6.25. The third kappa shape index (κ3) is 1.66. The summed E-state index contributed by atoms with van der Waals surface area (Å²) in [5, 5.41) is 0. The molecule has 70 valence electrons. The van der Waals surface area contributed by atoms with Gasteiger partial charge >= 0.3 is 5.97 Å². The fourth-order valence-electron chi connectivity index (χ4n) is 1.23. The third-order valence-electron chi connectivity index (χ3n) is 2.25. The Kier molecular flexibility index (Phi) is 1.96. The van der Waals surface area contributed by atoms with Gasteiger partial charge in [0.2, 0.25) is 0 Å². The highest BCUT2D eigenvalue weighted by atomic mass is 16.5. The maximum Gasteiger partial charge on any atom is 0.355 e. The first-order valence-electron chi connectivity index (χ1n) is 4.40. The number of ether oxygens (including phenoxy) is 1. The monoisotopic (exact) mass is 180 g/mol. The molecule has 0 radical (unpaired) electrons. The summed E-state index contributed by atoms with van der Waals surface area (Å²) in [4.78, 5) is 14.1. The molecule has 1 saturated carbocycles. The average molecular weight is 180 g/mol. The van der Waals surface area contributed by atoms with Gasteiger partial charge in [-0.05, 0) is 25.3 Å². The van der Waals surface area contributed by atoms with Gasteiger partial charge in [0.15, 0.2) is 0 Å². The number of anilines is 1. The highest BCUT2D eigenvalue weighted by molar-refractivity contribution is 5.88. The Bertz CT molecular complexity index is 315. The van der Waals surface area contributed by atoms with Crippen LogP contribution in [0.25, 0.3) is 0 Å². The standard InChI is InChI=1S/C9H12N2O2/c10-6-4-8(11-5-6)9(12)13-7-2-1-3-7/h4-5,7,11H,1-3,10H2. The van der Waals surface area contributed by atoms with E-state index >= 15 is 0 Å². The Balaban J connectivity index is 1.96. The smallest absolute Gasteiger partial charge is 0.355 e. The van der Waals surface area contributed by atoms with E-state index in [9.17, 15) is 4.79 Å². The van der Waals surface area contributed by atoms with Gasteiger partial charge in [-0.3, -0.25) is 0 Å². The molecule has 0 saturated heterocycles. The lowest BCUT2D eigenvalue weighted by atomic mass is 9.96. The van der Waals surface area contributed by atoms with Crippen LogP contribution in [-0.4, -0.2) is 17.1 Å².